The maximum atomic E-state index is 12.9. The van der Waals surface area contributed by atoms with E-state index >= 15 is 0 Å². The molecule has 2 aromatic carbocycles. The first kappa shape index (κ1) is 24.1. The van der Waals surface area contributed by atoms with Gasteiger partial charge >= 0.3 is 0 Å². The SMILES string of the molecule is CN(C(=O)c1cccs1)c1ccccc1C(=O)NCc1ccc(S(=O)(=O)N2CCCCC2)cc1. The molecule has 1 N–H and O–H groups in total. The maximum absolute atomic E-state index is 12.9. The summed E-state index contributed by atoms with van der Waals surface area (Å²) in [7, 11) is -1.84. The highest BCUT2D eigenvalue weighted by Crippen LogP contribution is 2.23. The lowest BCUT2D eigenvalue weighted by molar-refractivity contribution is 0.0951. The first-order valence-electron chi connectivity index (χ1n) is 11.2. The van der Waals surface area contributed by atoms with Gasteiger partial charge in [0.15, 0.2) is 0 Å². The summed E-state index contributed by atoms with van der Waals surface area (Å²) in [5, 5.41) is 4.71. The van der Waals surface area contributed by atoms with Gasteiger partial charge in [0.1, 0.15) is 0 Å². The fraction of sp³-hybridized carbons (Fsp3) is 0.280. The highest BCUT2D eigenvalue weighted by atomic mass is 32.2. The van der Waals surface area contributed by atoms with Crippen molar-refractivity contribution in [3.63, 3.8) is 0 Å². The minimum Gasteiger partial charge on any atom is -0.348 e. The lowest BCUT2D eigenvalue weighted by Gasteiger charge is -2.25. The Morgan fingerprint density at radius 2 is 1.68 bits per heavy atom. The summed E-state index contributed by atoms with van der Waals surface area (Å²) in [5.74, 6) is -0.493. The molecule has 0 aliphatic carbocycles. The molecule has 2 heterocycles. The molecule has 4 rings (SSSR count). The Bertz CT molecular complexity index is 1250. The summed E-state index contributed by atoms with van der Waals surface area (Å²) in [6.45, 7) is 1.35. The van der Waals surface area contributed by atoms with Gasteiger partial charge in [-0.25, -0.2) is 8.42 Å². The number of nitrogens with one attached hydrogen (secondary N) is 1. The van der Waals surface area contributed by atoms with Crippen molar-refractivity contribution in [3.8, 4) is 0 Å². The van der Waals surface area contributed by atoms with E-state index in [0.717, 1.165) is 24.8 Å². The second kappa shape index (κ2) is 10.5. The van der Waals surface area contributed by atoms with Crippen LogP contribution in [-0.2, 0) is 16.6 Å². The second-order valence-electron chi connectivity index (χ2n) is 8.15. The molecule has 1 aromatic heterocycles. The zero-order valence-corrected chi connectivity index (χ0v) is 20.6. The third-order valence-electron chi connectivity index (χ3n) is 5.88. The molecular weight excluding hydrogens is 470 g/mol. The number of amides is 2. The molecule has 1 aliphatic heterocycles. The van der Waals surface area contributed by atoms with Crippen LogP contribution in [0.5, 0.6) is 0 Å². The summed E-state index contributed by atoms with van der Waals surface area (Å²) >= 11 is 1.35. The van der Waals surface area contributed by atoms with Gasteiger partial charge in [-0.05, 0) is 54.1 Å². The fourth-order valence-electron chi connectivity index (χ4n) is 3.94. The summed E-state index contributed by atoms with van der Waals surface area (Å²) in [4.78, 5) is 28.0. The quantitative estimate of drug-likeness (QED) is 0.532. The van der Waals surface area contributed by atoms with Crippen LogP contribution in [0.1, 0.15) is 44.9 Å². The van der Waals surface area contributed by atoms with Crippen LogP contribution in [0, 0.1) is 0 Å². The molecule has 9 heteroatoms. The van der Waals surface area contributed by atoms with Crippen molar-refractivity contribution in [2.24, 2.45) is 0 Å². The van der Waals surface area contributed by atoms with E-state index in [9.17, 15) is 18.0 Å². The van der Waals surface area contributed by atoms with Gasteiger partial charge in [-0.2, -0.15) is 4.31 Å². The van der Waals surface area contributed by atoms with Gasteiger partial charge in [-0.1, -0.05) is 36.8 Å². The van der Waals surface area contributed by atoms with Crippen molar-refractivity contribution in [1.29, 1.82) is 0 Å². The molecular formula is C25H27N3O4S2. The van der Waals surface area contributed by atoms with Crippen molar-refractivity contribution in [1.82, 2.24) is 9.62 Å². The summed E-state index contributed by atoms with van der Waals surface area (Å²) in [5.41, 5.74) is 1.69. The number of hydrogen-bond donors (Lipinski definition) is 1. The first-order chi connectivity index (χ1) is 16.4. The van der Waals surface area contributed by atoms with Crippen molar-refractivity contribution in [2.45, 2.75) is 30.7 Å². The van der Waals surface area contributed by atoms with Gasteiger partial charge in [0, 0.05) is 26.7 Å². The zero-order valence-electron chi connectivity index (χ0n) is 18.9. The Hall–Kier alpha value is -3.01. The molecule has 0 spiro atoms. The lowest BCUT2D eigenvalue weighted by Crippen LogP contribution is -2.35. The monoisotopic (exact) mass is 497 g/mol. The molecule has 1 saturated heterocycles. The minimum atomic E-state index is -3.49. The molecule has 34 heavy (non-hydrogen) atoms. The van der Waals surface area contributed by atoms with Crippen molar-refractivity contribution < 1.29 is 18.0 Å². The van der Waals surface area contributed by atoms with Crippen LogP contribution >= 0.6 is 11.3 Å². The predicted molar refractivity (Wildman–Crippen MR) is 134 cm³/mol. The number of sulfonamides is 1. The van der Waals surface area contributed by atoms with Crippen LogP contribution in [0.3, 0.4) is 0 Å². The Morgan fingerprint density at radius 1 is 0.971 bits per heavy atom. The number of benzene rings is 2. The molecule has 7 nitrogen and oxygen atoms in total. The zero-order chi connectivity index (χ0) is 24.1. The maximum Gasteiger partial charge on any atom is 0.268 e. The molecule has 0 saturated carbocycles. The summed E-state index contributed by atoms with van der Waals surface area (Å²) in [6.07, 6.45) is 2.84. The number of hydrogen-bond acceptors (Lipinski definition) is 5. The van der Waals surface area contributed by atoms with Gasteiger partial charge in [0.25, 0.3) is 11.8 Å². The average molecular weight is 498 g/mol. The Morgan fingerprint density at radius 3 is 2.35 bits per heavy atom. The smallest absolute Gasteiger partial charge is 0.268 e. The molecule has 0 radical (unpaired) electrons. The van der Waals surface area contributed by atoms with E-state index in [1.807, 2.05) is 11.4 Å². The molecule has 0 atom stereocenters. The van der Waals surface area contributed by atoms with Crippen LogP contribution in [0.25, 0.3) is 0 Å². The number of carbonyl (C=O) groups is 2. The van der Waals surface area contributed by atoms with Crippen LogP contribution in [0.2, 0.25) is 0 Å². The van der Waals surface area contributed by atoms with E-state index in [-0.39, 0.29) is 23.3 Å². The molecule has 1 fully saturated rings. The number of carbonyl (C=O) groups excluding carboxylic acids is 2. The number of nitrogens with zero attached hydrogens (tertiary/aromatic N) is 2. The third-order valence-corrected chi connectivity index (χ3v) is 8.65. The first-order valence-corrected chi connectivity index (χ1v) is 13.5. The topological polar surface area (TPSA) is 86.8 Å². The molecule has 1 aliphatic rings. The van der Waals surface area contributed by atoms with Gasteiger partial charge in [0.05, 0.1) is 21.0 Å². The van der Waals surface area contributed by atoms with E-state index < -0.39 is 10.0 Å². The van der Waals surface area contributed by atoms with Crippen LogP contribution in [0.4, 0.5) is 5.69 Å². The summed E-state index contributed by atoms with van der Waals surface area (Å²) in [6, 6.07) is 17.1. The number of thiophene rings is 1. The molecule has 0 unspecified atom stereocenters. The predicted octanol–water partition coefficient (Wildman–Crippen LogP) is 4.13. The summed E-state index contributed by atoms with van der Waals surface area (Å²) < 4.78 is 27.2. The second-order valence-corrected chi connectivity index (χ2v) is 11.0. The standard InChI is InChI=1S/C25H27N3O4S2/c1-27(25(30)23-10-7-17-33-23)22-9-4-3-8-21(22)24(29)26-18-19-11-13-20(14-12-19)34(31,32)28-15-5-2-6-16-28/h3-4,7-14,17H,2,5-6,15-16,18H2,1H3,(H,26,29). The van der Waals surface area contributed by atoms with Gasteiger partial charge in [0.2, 0.25) is 10.0 Å². The lowest BCUT2D eigenvalue weighted by atomic mass is 10.1. The molecule has 3 aromatic rings. The van der Waals surface area contributed by atoms with Crippen LogP contribution in [-0.4, -0.2) is 44.7 Å². The van der Waals surface area contributed by atoms with Gasteiger partial charge in [-0.15, -0.1) is 11.3 Å². The number of para-hydroxylation sites is 1. The van der Waals surface area contributed by atoms with E-state index in [2.05, 4.69) is 5.32 Å². The van der Waals surface area contributed by atoms with E-state index in [1.54, 1.807) is 61.6 Å². The largest absolute Gasteiger partial charge is 0.348 e. The Kier molecular flexibility index (Phi) is 7.45. The van der Waals surface area contributed by atoms with Crippen LogP contribution < -0.4 is 10.2 Å². The Labute approximate surface area is 204 Å². The highest BCUT2D eigenvalue weighted by Gasteiger charge is 2.26. The van der Waals surface area contributed by atoms with Crippen molar-refractivity contribution >= 4 is 38.9 Å². The fourth-order valence-corrected chi connectivity index (χ4v) is 6.16. The minimum absolute atomic E-state index is 0.180. The van der Waals surface area contributed by atoms with Crippen molar-refractivity contribution in [2.75, 3.05) is 25.0 Å². The number of anilines is 1. The molecule has 0 bridgehead atoms. The van der Waals surface area contributed by atoms with E-state index in [1.165, 1.54) is 20.5 Å². The van der Waals surface area contributed by atoms with Crippen molar-refractivity contribution in [3.05, 3.63) is 82.0 Å². The third kappa shape index (κ3) is 5.22. The Balaban J connectivity index is 1.43. The van der Waals surface area contributed by atoms with Gasteiger partial charge < -0.3 is 10.2 Å². The van der Waals surface area contributed by atoms with Gasteiger partial charge in [-0.3, -0.25) is 9.59 Å². The normalized spacial score (nSPS) is 14.5. The van der Waals surface area contributed by atoms with Crippen LogP contribution in [0.15, 0.2) is 70.9 Å². The number of rotatable bonds is 7. The highest BCUT2D eigenvalue weighted by molar-refractivity contribution is 7.89. The van der Waals surface area contributed by atoms with E-state index in [0.29, 0.717) is 29.2 Å². The van der Waals surface area contributed by atoms with E-state index in [4.69, 9.17) is 0 Å². The molecule has 178 valence electrons. The molecule has 2 amide bonds. The average Bonchev–Trinajstić information content (AvgIpc) is 3.42. The number of piperidine rings is 1.